The van der Waals surface area contributed by atoms with Gasteiger partial charge in [-0.25, -0.2) is 0 Å². The van der Waals surface area contributed by atoms with Gasteiger partial charge in [-0.05, 0) is 54.5 Å². The molecule has 2 aromatic rings. The van der Waals surface area contributed by atoms with E-state index in [1.807, 2.05) is 43.3 Å². The zero-order chi connectivity index (χ0) is 13.7. The third-order valence-corrected chi connectivity index (χ3v) is 3.01. The molecule has 98 valence electrons. The third-order valence-electron chi connectivity index (χ3n) is 2.76. The number of rotatable bonds is 4. The summed E-state index contributed by atoms with van der Waals surface area (Å²) < 4.78 is 5.70. The highest BCUT2D eigenvalue weighted by molar-refractivity contribution is 6.30. The molecule has 0 aromatic heterocycles. The van der Waals surface area contributed by atoms with Gasteiger partial charge in [0, 0.05) is 5.02 Å². The first kappa shape index (κ1) is 13.7. The molecule has 0 saturated carbocycles. The Morgan fingerprint density at radius 2 is 1.58 bits per heavy atom. The van der Waals surface area contributed by atoms with E-state index < -0.39 is 0 Å². The lowest BCUT2D eigenvalue weighted by molar-refractivity contribution is 0.343. The van der Waals surface area contributed by atoms with E-state index >= 15 is 0 Å². The molecule has 0 spiro atoms. The number of halogens is 1. The smallest absolute Gasteiger partial charge is 0.127 e. The molecule has 0 atom stereocenters. The molecule has 0 unspecified atom stereocenters. The Hall–Kier alpha value is -1.77. The minimum absolute atomic E-state index is 0.0505. The number of benzene rings is 2. The average Bonchev–Trinajstić information content (AvgIpc) is 2.42. The molecule has 1 N–H and O–H groups in total. The highest BCUT2D eigenvalue weighted by atomic mass is 35.5. The first-order chi connectivity index (χ1) is 9.19. The van der Waals surface area contributed by atoms with E-state index in [0.717, 1.165) is 22.6 Å². The lowest BCUT2D eigenvalue weighted by Crippen LogP contribution is -1.86. The molecule has 0 heterocycles. The van der Waals surface area contributed by atoms with Crippen LogP contribution in [0.25, 0.3) is 5.57 Å². The van der Waals surface area contributed by atoms with Gasteiger partial charge in [0.1, 0.15) is 11.5 Å². The predicted octanol–water partition coefficient (Wildman–Crippen LogP) is 4.53. The minimum atomic E-state index is 0.0505. The Balaban J connectivity index is 2.10. The van der Waals surface area contributed by atoms with Crippen LogP contribution in [0, 0.1) is 0 Å². The van der Waals surface area contributed by atoms with Crippen LogP contribution < -0.4 is 4.74 Å². The molecule has 0 aliphatic rings. The van der Waals surface area contributed by atoms with Gasteiger partial charge < -0.3 is 9.84 Å². The van der Waals surface area contributed by atoms with Crippen LogP contribution in [0.4, 0.5) is 0 Å². The first-order valence-electron chi connectivity index (χ1n) is 6.00. The second kappa shape index (κ2) is 6.41. The van der Waals surface area contributed by atoms with Crippen molar-refractivity contribution in [2.24, 2.45) is 0 Å². The summed E-state index contributed by atoms with van der Waals surface area (Å²) in [6, 6.07) is 15.0. The van der Waals surface area contributed by atoms with Crippen LogP contribution >= 0.6 is 11.6 Å². The summed E-state index contributed by atoms with van der Waals surface area (Å²) in [6.45, 7) is 2.01. The Labute approximate surface area is 117 Å². The monoisotopic (exact) mass is 274 g/mol. The molecule has 2 aromatic carbocycles. The number of aliphatic hydroxyl groups is 1. The summed E-state index contributed by atoms with van der Waals surface area (Å²) in [6.07, 6.45) is 1.77. The molecule has 0 amide bonds. The van der Waals surface area contributed by atoms with Crippen LogP contribution in [0.15, 0.2) is 54.6 Å². The van der Waals surface area contributed by atoms with Crippen LogP contribution in [-0.2, 0) is 0 Å². The summed E-state index contributed by atoms with van der Waals surface area (Å²) in [4.78, 5) is 0. The lowest BCUT2D eigenvalue weighted by Gasteiger charge is -2.07. The van der Waals surface area contributed by atoms with Crippen LogP contribution in [0.3, 0.4) is 0 Å². The van der Waals surface area contributed by atoms with Crippen molar-refractivity contribution < 1.29 is 9.84 Å². The Morgan fingerprint density at radius 3 is 2.11 bits per heavy atom. The highest BCUT2D eigenvalue weighted by Crippen LogP contribution is 2.24. The van der Waals surface area contributed by atoms with E-state index in [4.69, 9.17) is 21.4 Å². The summed E-state index contributed by atoms with van der Waals surface area (Å²) in [5.41, 5.74) is 2.11. The lowest BCUT2D eigenvalue weighted by atomic mass is 10.1. The van der Waals surface area contributed by atoms with Crippen LogP contribution in [-0.4, -0.2) is 11.7 Å². The maximum Gasteiger partial charge on any atom is 0.127 e. The maximum atomic E-state index is 8.86. The Kier molecular flexibility index (Phi) is 4.61. The molecular formula is C16H15ClO2. The summed E-state index contributed by atoms with van der Waals surface area (Å²) in [7, 11) is 0. The normalized spacial score (nSPS) is 11.4. The zero-order valence-corrected chi connectivity index (χ0v) is 11.4. The molecule has 19 heavy (non-hydrogen) atoms. The Bertz CT molecular complexity index is 556. The minimum Gasteiger partial charge on any atom is -0.457 e. The van der Waals surface area contributed by atoms with Crippen molar-refractivity contribution in [1.82, 2.24) is 0 Å². The average molecular weight is 275 g/mol. The van der Waals surface area contributed by atoms with Gasteiger partial charge in [0.05, 0.1) is 6.61 Å². The number of ether oxygens (including phenoxy) is 1. The van der Waals surface area contributed by atoms with E-state index in [2.05, 4.69) is 0 Å². The molecule has 0 fully saturated rings. The topological polar surface area (TPSA) is 29.5 Å². The van der Waals surface area contributed by atoms with Gasteiger partial charge in [-0.2, -0.15) is 0 Å². The summed E-state index contributed by atoms with van der Waals surface area (Å²) >= 11 is 5.82. The fourth-order valence-electron chi connectivity index (χ4n) is 1.68. The first-order valence-corrected chi connectivity index (χ1v) is 6.38. The molecule has 0 radical (unpaired) electrons. The van der Waals surface area contributed by atoms with Crippen LogP contribution in [0.1, 0.15) is 12.5 Å². The molecular weight excluding hydrogens is 260 g/mol. The van der Waals surface area contributed by atoms with E-state index in [0.29, 0.717) is 5.02 Å². The van der Waals surface area contributed by atoms with Gasteiger partial charge in [0.25, 0.3) is 0 Å². The zero-order valence-electron chi connectivity index (χ0n) is 10.6. The van der Waals surface area contributed by atoms with Gasteiger partial charge in [-0.3, -0.25) is 0 Å². The second-order valence-electron chi connectivity index (χ2n) is 4.15. The van der Waals surface area contributed by atoms with Crippen molar-refractivity contribution in [1.29, 1.82) is 0 Å². The van der Waals surface area contributed by atoms with Gasteiger partial charge in [0.2, 0.25) is 0 Å². The van der Waals surface area contributed by atoms with Crippen molar-refractivity contribution in [3.63, 3.8) is 0 Å². The fraction of sp³-hybridized carbons (Fsp3) is 0.125. The fourth-order valence-corrected chi connectivity index (χ4v) is 1.81. The number of aliphatic hydroxyl groups excluding tert-OH is 1. The molecule has 2 rings (SSSR count). The van der Waals surface area contributed by atoms with E-state index in [-0.39, 0.29) is 6.61 Å². The summed E-state index contributed by atoms with van der Waals surface area (Å²) in [5.74, 6) is 1.52. The number of allylic oxidation sites excluding steroid dienone is 1. The largest absolute Gasteiger partial charge is 0.457 e. The van der Waals surface area contributed by atoms with Crippen LogP contribution in [0.5, 0.6) is 11.5 Å². The van der Waals surface area contributed by atoms with Crippen molar-refractivity contribution in [3.8, 4) is 11.5 Å². The standard InChI is InChI=1S/C16H15ClO2/c1-12(10-11-18)13-2-6-15(7-3-13)19-16-8-4-14(17)5-9-16/h2-10,18H,11H2,1H3. The molecule has 3 heteroatoms. The second-order valence-corrected chi connectivity index (χ2v) is 4.59. The van der Waals surface area contributed by atoms with Crippen LogP contribution in [0.2, 0.25) is 5.02 Å². The van der Waals surface area contributed by atoms with Gasteiger partial charge in [0.15, 0.2) is 0 Å². The number of hydrogen-bond donors (Lipinski definition) is 1. The highest BCUT2D eigenvalue weighted by Gasteiger charge is 1.99. The predicted molar refractivity (Wildman–Crippen MR) is 78.7 cm³/mol. The summed E-state index contributed by atoms with van der Waals surface area (Å²) in [5, 5.41) is 9.55. The van der Waals surface area contributed by atoms with E-state index in [1.165, 1.54) is 0 Å². The molecule has 0 saturated heterocycles. The third kappa shape index (κ3) is 3.85. The number of hydrogen-bond acceptors (Lipinski definition) is 2. The molecule has 0 aliphatic carbocycles. The SMILES string of the molecule is CC(=CCO)c1ccc(Oc2ccc(Cl)cc2)cc1. The van der Waals surface area contributed by atoms with E-state index in [9.17, 15) is 0 Å². The van der Waals surface area contributed by atoms with Crippen molar-refractivity contribution in [2.45, 2.75) is 6.92 Å². The van der Waals surface area contributed by atoms with Crippen molar-refractivity contribution >= 4 is 17.2 Å². The quantitative estimate of drug-likeness (QED) is 0.888. The van der Waals surface area contributed by atoms with E-state index in [1.54, 1.807) is 18.2 Å². The Morgan fingerprint density at radius 1 is 1.05 bits per heavy atom. The molecule has 0 aliphatic heterocycles. The molecule has 2 nitrogen and oxygen atoms in total. The molecule has 0 bridgehead atoms. The van der Waals surface area contributed by atoms with Crippen molar-refractivity contribution in [2.75, 3.05) is 6.61 Å². The van der Waals surface area contributed by atoms with Gasteiger partial charge >= 0.3 is 0 Å². The van der Waals surface area contributed by atoms with Crippen molar-refractivity contribution in [3.05, 3.63) is 65.2 Å². The van der Waals surface area contributed by atoms with Gasteiger partial charge in [-0.15, -0.1) is 0 Å². The maximum absolute atomic E-state index is 8.86. The van der Waals surface area contributed by atoms with Gasteiger partial charge in [-0.1, -0.05) is 29.8 Å².